The first-order valence-electron chi connectivity index (χ1n) is 7.72. The minimum atomic E-state index is -0.465. The van der Waals surface area contributed by atoms with Gasteiger partial charge in [0, 0.05) is 37.2 Å². The quantitative estimate of drug-likeness (QED) is 0.483. The van der Waals surface area contributed by atoms with E-state index in [4.69, 9.17) is 4.74 Å². The number of carbonyl (C=O) groups excluding carboxylic acids is 1. The molecule has 0 N–H and O–H groups in total. The summed E-state index contributed by atoms with van der Waals surface area (Å²) in [5.41, 5.74) is 2.57. The van der Waals surface area contributed by atoms with E-state index in [0.29, 0.717) is 18.7 Å². The van der Waals surface area contributed by atoms with Gasteiger partial charge in [-0.25, -0.2) is 9.48 Å². The van der Waals surface area contributed by atoms with E-state index in [9.17, 15) is 14.9 Å². The predicted octanol–water partition coefficient (Wildman–Crippen LogP) is 1.95. The number of hydrogen-bond donors (Lipinski definition) is 0. The smallest absolute Gasteiger partial charge is 0.359 e. The Bertz CT molecular complexity index is 799. The number of fused-ring (bicyclic) bond motifs is 1. The van der Waals surface area contributed by atoms with Gasteiger partial charge in [-0.1, -0.05) is 6.07 Å². The van der Waals surface area contributed by atoms with Gasteiger partial charge in [0.25, 0.3) is 5.69 Å². The van der Waals surface area contributed by atoms with Crippen LogP contribution in [0.25, 0.3) is 5.69 Å². The van der Waals surface area contributed by atoms with Crippen LogP contribution >= 0.6 is 0 Å². The van der Waals surface area contributed by atoms with E-state index in [-0.39, 0.29) is 18.0 Å². The van der Waals surface area contributed by atoms with E-state index >= 15 is 0 Å². The van der Waals surface area contributed by atoms with E-state index in [1.807, 2.05) is 7.05 Å². The number of esters is 1. The van der Waals surface area contributed by atoms with Gasteiger partial charge in [-0.2, -0.15) is 5.10 Å². The average Bonchev–Trinajstić information content (AvgIpc) is 2.94. The Balaban J connectivity index is 2.12. The third-order valence-electron chi connectivity index (χ3n) is 4.00. The van der Waals surface area contributed by atoms with E-state index in [1.165, 1.54) is 12.1 Å². The number of carbonyl (C=O) groups is 1. The predicted molar refractivity (Wildman–Crippen MR) is 86.2 cm³/mol. The maximum atomic E-state index is 12.2. The van der Waals surface area contributed by atoms with Crippen molar-refractivity contribution in [3.63, 3.8) is 0 Å². The topological polar surface area (TPSA) is 90.5 Å². The number of ether oxygens (including phenoxy) is 1. The summed E-state index contributed by atoms with van der Waals surface area (Å²) in [4.78, 5) is 24.9. The molecule has 1 aromatic heterocycles. The van der Waals surface area contributed by atoms with Crippen molar-refractivity contribution in [2.75, 3.05) is 20.2 Å². The molecule has 0 saturated carbocycles. The largest absolute Gasteiger partial charge is 0.461 e. The molecule has 24 heavy (non-hydrogen) atoms. The number of hydrogen-bond acceptors (Lipinski definition) is 6. The van der Waals surface area contributed by atoms with Crippen LogP contribution < -0.4 is 0 Å². The lowest BCUT2D eigenvalue weighted by Gasteiger charge is -2.23. The Labute approximate surface area is 138 Å². The molecule has 0 radical (unpaired) electrons. The lowest BCUT2D eigenvalue weighted by atomic mass is 10.1. The van der Waals surface area contributed by atoms with E-state index < -0.39 is 10.9 Å². The zero-order chi connectivity index (χ0) is 17.3. The highest BCUT2D eigenvalue weighted by Gasteiger charge is 2.28. The summed E-state index contributed by atoms with van der Waals surface area (Å²) in [7, 11) is 1.97. The zero-order valence-electron chi connectivity index (χ0n) is 13.6. The molecule has 0 amide bonds. The molecule has 1 aliphatic heterocycles. The van der Waals surface area contributed by atoms with Crippen LogP contribution in [0.1, 0.15) is 28.7 Å². The first kappa shape index (κ1) is 16.1. The molecule has 1 aromatic carbocycles. The highest BCUT2D eigenvalue weighted by Crippen LogP contribution is 2.26. The Morgan fingerprint density at radius 1 is 1.46 bits per heavy atom. The van der Waals surface area contributed by atoms with Gasteiger partial charge in [0.05, 0.1) is 22.9 Å². The number of nitro benzene ring substituents is 1. The minimum Gasteiger partial charge on any atom is -0.461 e. The molecule has 2 heterocycles. The SMILES string of the molecule is CCOC(=O)c1nn(-c2cccc([N+](=O)[O-])c2)c2c1CN(C)CC2. The molecule has 0 unspecified atom stereocenters. The van der Waals surface area contributed by atoms with Crippen LogP contribution in [-0.4, -0.2) is 45.8 Å². The molecule has 0 atom stereocenters. The van der Waals surface area contributed by atoms with Crippen molar-refractivity contribution in [1.82, 2.24) is 14.7 Å². The molecular formula is C16H18N4O4. The molecule has 3 rings (SSSR count). The summed E-state index contributed by atoms with van der Waals surface area (Å²) in [5.74, 6) is -0.465. The van der Waals surface area contributed by atoms with Crippen molar-refractivity contribution in [2.45, 2.75) is 19.9 Å². The van der Waals surface area contributed by atoms with Gasteiger partial charge < -0.3 is 9.64 Å². The first-order chi connectivity index (χ1) is 11.5. The Kier molecular flexibility index (Phi) is 4.30. The van der Waals surface area contributed by atoms with E-state index in [1.54, 1.807) is 23.7 Å². The fraction of sp³-hybridized carbons (Fsp3) is 0.375. The summed E-state index contributed by atoms with van der Waals surface area (Å²) in [6.07, 6.45) is 0.709. The zero-order valence-corrected chi connectivity index (χ0v) is 13.6. The van der Waals surface area contributed by atoms with Crippen molar-refractivity contribution in [2.24, 2.45) is 0 Å². The Hall–Kier alpha value is -2.74. The first-order valence-corrected chi connectivity index (χ1v) is 7.72. The Morgan fingerprint density at radius 3 is 2.96 bits per heavy atom. The maximum Gasteiger partial charge on any atom is 0.359 e. The van der Waals surface area contributed by atoms with Crippen LogP contribution in [0.3, 0.4) is 0 Å². The monoisotopic (exact) mass is 330 g/mol. The second kappa shape index (κ2) is 6.40. The van der Waals surface area contributed by atoms with Crippen LogP contribution in [0.4, 0.5) is 5.69 Å². The molecule has 0 saturated heterocycles. The highest BCUT2D eigenvalue weighted by molar-refractivity contribution is 5.89. The van der Waals surface area contributed by atoms with Crippen LogP contribution in [0.15, 0.2) is 24.3 Å². The summed E-state index contributed by atoms with van der Waals surface area (Å²) in [5, 5.41) is 15.4. The van der Waals surface area contributed by atoms with E-state index in [2.05, 4.69) is 10.00 Å². The van der Waals surface area contributed by atoms with Crippen molar-refractivity contribution < 1.29 is 14.5 Å². The molecule has 8 heteroatoms. The molecule has 0 bridgehead atoms. The van der Waals surface area contributed by atoms with Crippen LogP contribution in [0.2, 0.25) is 0 Å². The number of likely N-dealkylation sites (N-methyl/N-ethyl adjacent to an activating group) is 1. The van der Waals surface area contributed by atoms with Crippen molar-refractivity contribution in [1.29, 1.82) is 0 Å². The van der Waals surface area contributed by atoms with Crippen LogP contribution in [0, 0.1) is 10.1 Å². The lowest BCUT2D eigenvalue weighted by Crippen LogP contribution is -2.28. The molecule has 2 aromatic rings. The van der Waals surface area contributed by atoms with Gasteiger partial charge in [-0.15, -0.1) is 0 Å². The fourth-order valence-corrected chi connectivity index (χ4v) is 2.87. The number of benzene rings is 1. The maximum absolute atomic E-state index is 12.2. The van der Waals surface area contributed by atoms with Gasteiger partial charge >= 0.3 is 5.97 Å². The van der Waals surface area contributed by atoms with Gasteiger partial charge in [0.2, 0.25) is 0 Å². The number of non-ortho nitro benzene ring substituents is 1. The number of aromatic nitrogens is 2. The molecule has 126 valence electrons. The molecule has 0 fully saturated rings. The van der Waals surface area contributed by atoms with Crippen molar-refractivity contribution in [3.8, 4) is 5.69 Å². The van der Waals surface area contributed by atoms with Gasteiger partial charge in [-0.05, 0) is 20.0 Å². The van der Waals surface area contributed by atoms with Crippen molar-refractivity contribution >= 4 is 11.7 Å². The van der Waals surface area contributed by atoms with Gasteiger partial charge in [0.15, 0.2) is 5.69 Å². The standard InChI is InChI=1S/C16H18N4O4/c1-3-24-16(21)15-13-10-18(2)8-7-14(13)19(17-15)11-5-4-6-12(9-11)20(22)23/h4-6,9H,3,7-8,10H2,1-2H3. The third kappa shape index (κ3) is 2.88. The summed E-state index contributed by atoms with van der Waals surface area (Å²) in [6, 6.07) is 6.24. The number of nitrogens with zero attached hydrogens (tertiary/aromatic N) is 4. The molecule has 8 nitrogen and oxygen atoms in total. The number of nitro groups is 1. The minimum absolute atomic E-state index is 0.0117. The van der Waals surface area contributed by atoms with E-state index in [0.717, 1.165) is 17.8 Å². The summed E-state index contributed by atoms with van der Waals surface area (Å²) >= 11 is 0. The average molecular weight is 330 g/mol. The van der Waals surface area contributed by atoms with Crippen LogP contribution in [-0.2, 0) is 17.7 Å². The van der Waals surface area contributed by atoms with Crippen LogP contribution in [0.5, 0.6) is 0 Å². The molecule has 1 aliphatic rings. The second-order valence-corrected chi connectivity index (χ2v) is 5.67. The summed E-state index contributed by atoms with van der Waals surface area (Å²) in [6.45, 7) is 3.44. The fourth-order valence-electron chi connectivity index (χ4n) is 2.87. The molecule has 0 spiro atoms. The summed E-state index contributed by atoms with van der Waals surface area (Å²) < 4.78 is 6.73. The molecular weight excluding hydrogens is 312 g/mol. The highest BCUT2D eigenvalue weighted by atomic mass is 16.6. The normalized spacial score (nSPS) is 14.2. The van der Waals surface area contributed by atoms with Gasteiger partial charge in [0.1, 0.15) is 0 Å². The Morgan fingerprint density at radius 2 is 2.25 bits per heavy atom. The lowest BCUT2D eigenvalue weighted by molar-refractivity contribution is -0.384. The van der Waals surface area contributed by atoms with Crippen molar-refractivity contribution in [3.05, 3.63) is 51.3 Å². The number of rotatable bonds is 4. The van der Waals surface area contributed by atoms with Gasteiger partial charge in [-0.3, -0.25) is 10.1 Å². The molecule has 0 aliphatic carbocycles. The third-order valence-corrected chi connectivity index (χ3v) is 4.00. The second-order valence-electron chi connectivity index (χ2n) is 5.67.